The molecule has 0 radical (unpaired) electrons. The minimum absolute atomic E-state index is 0.0160. The fourth-order valence-electron chi connectivity index (χ4n) is 1.91. The quantitative estimate of drug-likeness (QED) is 0.766. The van der Waals surface area contributed by atoms with Gasteiger partial charge in [0.1, 0.15) is 0 Å². The Hall–Kier alpha value is -1.03. The molecule has 1 aliphatic rings. The summed E-state index contributed by atoms with van der Waals surface area (Å²) in [7, 11) is 0. The zero-order valence-corrected chi connectivity index (χ0v) is 8.45. The van der Waals surface area contributed by atoms with Gasteiger partial charge < -0.3 is 9.72 Å². The molecule has 0 atom stereocenters. The summed E-state index contributed by atoms with van der Waals surface area (Å²) in [4.78, 5) is 14.0. The molecule has 1 N–H and O–H groups in total. The fraction of sp³-hybridized carbons (Fsp3) is 0.700. The van der Waals surface area contributed by atoms with E-state index in [2.05, 4.69) is 11.9 Å². The fourth-order valence-corrected chi connectivity index (χ4v) is 1.91. The van der Waals surface area contributed by atoms with Crippen LogP contribution in [0.4, 0.5) is 0 Å². The van der Waals surface area contributed by atoms with Gasteiger partial charge in [0, 0.05) is 32.2 Å². The van der Waals surface area contributed by atoms with Crippen molar-refractivity contribution in [2.75, 3.05) is 13.2 Å². The average molecular weight is 196 g/mol. The Kier molecular flexibility index (Phi) is 2.46. The van der Waals surface area contributed by atoms with Gasteiger partial charge in [0.2, 0.25) is 0 Å². The number of nitrogens with zero attached hydrogens (tertiary/aromatic N) is 1. The lowest BCUT2D eigenvalue weighted by atomic mass is 9.82. The Bertz CT molecular complexity index is 347. The van der Waals surface area contributed by atoms with Crippen molar-refractivity contribution < 1.29 is 4.74 Å². The molecular weight excluding hydrogens is 180 g/mol. The maximum Gasteiger partial charge on any atom is 0.325 e. The summed E-state index contributed by atoms with van der Waals surface area (Å²) in [5.41, 5.74) is 0.197. The van der Waals surface area contributed by atoms with Gasteiger partial charge in [-0.05, 0) is 18.3 Å². The van der Waals surface area contributed by atoms with E-state index in [1.54, 1.807) is 10.8 Å². The lowest BCUT2D eigenvalue weighted by Crippen LogP contribution is -2.33. The van der Waals surface area contributed by atoms with E-state index in [4.69, 9.17) is 4.74 Å². The molecule has 0 unspecified atom stereocenters. The first-order valence-corrected chi connectivity index (χ1v) is 5.01. The molecule has 2 rings (SSSR count). The normalized spacial score (nSPS) is 20.9. The number of H-pyrrole nitrogens is 1. The highest BCUT2D eigenvalue weighted by atomic mass is 16.5. The molecule has 0 aromatic carbocycles. The van der Waals surface area contributed by atoms with Crippen LogP contribution in [0.2, 0.25) is 0 Å². The monoisotopic (exact) mass is 196 g/mol. The van der Waals surface area contributed by atoms with Crippen molar-refractivity contribution in [1.29, 1.82) is 0 Å². The second kappa shape index (κ2) is 3.61. The number of aromatic nitrogens is 2. The Morgan fingerprint density at radius 1 is 1.57 bits per heavy atom. The summed E-state index contributed by atoms with van der Waals surface area (Å²) in [6, 6.07) is 0. The molecule has 1 aromatic heterocycles. The summed E-state index contributed by atoms with van der Waals surface area (Å²) >= 11 is 0. The summed E-state index contributed by atoms with van der Waals surface area (Å²) in [6.45, 7) is 4.64. The van der Waals surface area contributed by atoms with E-state index in [9.17, 15) is 4.79 Å². The molecular formula is C10H16N2O2. The summed E-state index contributed by atoms with van der Waals surface area (Å²) in [5, 5.41) is 0. The van der Waals surface area contributed by atoms with Crippen LogP contribution in [-0.4, -0.2) is 22.8 Å². The number of hydrogen-bond acceptors (Lipinski definition) is 2. The number of hydrogen-bond donors (Lipinski definition) is 1. The largest absolute Gasteiger partial charge is 0.381 e. The molecule has 1 aliphatic heterocycles. The predicted molar refractivity (Wildman–Crippen MR) is 53.2 cm³/mol. The summed E-state index contributed by atoms with van der Waals surface area (Å²) in [5.74, 6) is 0. The van der Waals surface area contributed by atoms with E-state index in [1.165, 1.54) is 0 Å². The van der Waals surface area contributed by atoms with E-state index >= 15 is 0 Å². The van der Waals surface area contributed by atoms with Crippen LogP contribution in [0.25, 0.3) is 0 Å². The highest BCUT2D eigenvalue weighted by Gasteiger charge is 2.28. The van der Waals surface area contributed by atoms with Gasteiger partial charge in [-0.15, -0.1) is 0 Å². The zero-order valence-electron chi connectivity index (χ0n) is 8.45. The van der Waals surface area contributed by atoms with E-state index in [-0.39, 0.29) is 11.1 Å². The van der Waals surface area contributed by atoms with Crippen LogP contribution >= 0.6 is 0 Å². The molecule has 0 spiro atoms. The van der Waals surface area contributed by atoms with Gasteiger partial charge in [-0.2, -0.15) is 0 Å². The van der Waals surface area contributed by atoms with Crippen molar-refractivity contribution in [3.63, 3.8) is 0 Å². The van der Waals surface area contributed by atoms with Crippen molar-refractivity contribution in [2.24, 2.45) is 5.41 Å². The first-order chi connectivity index (χ1) is 6.70. The van der Waals surface area contributed by atoms with Crippen LogP contribution in [-0.2, 0) is 11.3 Å². The molecule has 1 fully saturated rings. The van der Waals surface area contributed by atoms with Crippen molar-refractivity contribution in [3.05, 3.63) is 22.9 Å². The molecule has 0 saturated carbocycles. The SMILES string of the molecule is CC1(Cn2cc[nH]c2=O)CCOCC1. The minimum atomic E-state index is -0.0160. The molecule has 78 valence electrons. The van der Waals surface area contributed by atoms with Gasteiger partial charge >= 0.3 is 5.69 Å². The van der Waals surface area contributed by atoms with Gasteiger partial charge in [-0.1, -0.05) is 6.92 Å². The second-order valence-corrected chi connectivity index (χ2v) is 4.32. The number of aromatic amines is 1. The maximum atomic E-state index is 11.3. The molecule has 2 heterocycles. The summed E-state index contributed by atoms with van der Waals surface area (Å²) in [6.07, 6.45) is 5.56. The highest BCUT2D eigenvalue weighted by molar-refractivity contribution is 4.83. The van der Waals surface area contributed by atoms with Crippen molar-refractivity contribution in [3.8, 4) is 0 Å². The van der Waals surface area contributed by atoms with E-state index in [1.807, 2.05) is 6.20 Å². The molecule has 4 heteroatoms. The van der Waals surface area contributed by atoms with Gasteiger partial charge in [-0.25, -0.2) is 4.79 Å². The molecule has 1 aromatic rings. The lowest BCUT2D eigenvalue weighted by Gasteiger charge is -2.33. The van der Waals surface area contributed by atoms with Gasteiger partial charge in [-0.3, -0.25) is 4.57 Å². The van der Waals surface area contributed by atoms with Crippen LogP contribution in [0.5, 0.6) is 0 Å². The van der Waals surface area contributed by atoms with Crippen LogP contribution in [0.15, 0.2) is 17.2 Å². The van der Waals surface area contributed by atoms with Crippen LogP contribution in [0.1, 0.15) is 19.8 Å². The predicted octanol–water partition coefficient (Wildman–Crippen LogP) is 0.993. The van der Waals surface area contributed by atoms with Crippen LogP contribution in [0, 0.1) is 5.41 Å². The Morgan fingerprint density at radius 2 is 2.29 bits per heavy atom. The van der Waals surface area contributed by atoms with Crippen LogP contribution in [0.3, 0.4) is 0 Å². The molecule has 0 aliphatic carbocycles. The van der Waals surface area contributed by atoms with Crippen molar-refractivity contribution in [1.82, 2.24) is 9.55 Å². The van der Waals surface area contributed by atoms with Gasteiger partial charge in [0.05, 0.1) is 0 Å². The second-order valence-electron chi connectivity index (χ2n) is 4.32. The van der Waals surface area contributed by atoms with Crippen molar-refractivity contribution >= 4 is 0 Å². The number of imidazole rings is 1. The Labute approximate surface area is 82.9 Å². The molecule has 4 nitrogen and oxygen atoms in total. The molecule has 0 amide bonds. The Morgan fingerprint density at radius 3 is 2.86 bits per heavy atom. The summed E-state index contributed by atoms with van der Waals surface area (Å²) < 4.78 is 7.06. The molecule has 0 bridgehead atoms. The van der Waals surface area contributed by atoms with E-state index in [0.29, 0.717) is 0 Å². The number of nitrogens with one attached hydrogen (secondary N) is 1. The first-order valence-electron chi connectivity index (χ1n) is 5.01. The third-order valence-corrected chi connectivity index (χ3v) is 2.97. The minimum Gasteiger partial charge on any atom is -0.381 e. The van der Waals surface area contributed by atoms with Gasteiger partial charge in [0.15, 0.2) is 0 Å². The van der Waals surface area contributed by atoms with Gasteiger partial charge in [0.25, 0.3) is 0 Å². The smallest absolute Gasteiger partial charge is 0.325 e. The maximum absolute atomic E-state index is 11.3. The first kappa shape index (κ1) is 9.52. The Balaban J connectivity index is 2.09. The topological polar surface area (TPSA) is 47.0 Å². The third kappa shape index (κ3) is 1.90. The molecule has 1 saturated heterocycles. The average Bonchev–Trinajstić information content (AvgIpc) is 2.52. The van der Waals surface area contributed by atoms with Crippen LogP contribution < -0.4 is 5.69 Å². The molecule has 14 heavy (non-hydrogen) atoms. The number of ether oxygens (including phenoxy) is 1. The number of rotatable bonds is 2. The van der Waals surface area contributed by atoms with Crippen molar-refractivity contribution in [2.45, 2.75) is 26.3 Å². The lowest BCUT2D eigenvalue weighted by molar-refractivity contribution is 0.0151. The van der Waals surface area contributed by atoms with E-state index in [0.717, 1.165) is 32.6 Å². The van der Waals surface area contributed by atoms with E-state index < -0.39 is 0 Å². The standard InChI is InChI=1S/C10H16N2O2/c1-10(2-6-14-7-3-10)8-12-5-4-11-9(12)13/h4-5H,2-3,6-8H2,1H3,(H,11,13). The highest BCUT2D eigenvalue weighted by Crippen LogP contribution is 2.30. The zero-order chi connectivity index (χ0) is 10.0. The third-order valence-electron chi connectivity index (χ3n) is 2.97.